The highest BCUT2D eigenvalue weighted by Gasteiger charge is 2.26. The number of unbranched alkanes of at least 4 members (excludes halogenated alkanes) is 1. The van der Waals surface area contributed by atoms with E-state index in [4.69, 9.17) is 0 Å². The molecule has 1 heterocycles. The van der Waals surface area contributed by atoms with Crippen LogP contribution in [0.3, 0.4) is 0 Å². The number of hydrogen-bond acceptors (Lipinski definition) is 3. The van der Waals surface area contributed by atoms with Crippen molar-refractivity contribution in [3.63, 3.8) is 0 Å². The van der Waals surface area contributed by atoms with Crippen molar-refractivity contribution in [2.24, 2.45) is 0 Å². The Bertz CT molecular complexity index is 525. The quantitative estimate of drug-likeness (QED) is 0.763. The van der Waals surface area contributed by atoms with Crippen LogP contribution >= 0.6 is 27.3 Å². The van der Waals surface area contributed by atoms with E-state index in [1.54, 1.807) is 6.92 Å². The Kier molecular flexibility index (Phi) is 5.84. The number of aryl methyl sites for hydroxylation is 1. The van der Waals surface area contributed by atoms with Gasteiger partial charge >= 0.3 is 6.18 Å². The van der Waals surface area contributed by atoms with E-state index >= 15 is 0 Å². The standard InChI is InChI=1S/C10H13BrF3NO2S2/c1-7-8(6-9(11)18-7)19(16,17)15-5-3-2-4-10(12,13)14/h6,15H,2-5H2,1H3. The predicted octanol–water partition coefficient (Wildman–Crippen LogP) is 3.83. The second kappa shape index (κ2) is 6.55. The highest BCUT2D eigenvalue weighted by molar-refractivity contribution is 9.11. The van der Waals surface area contributed by atoms with Crippen LogP contribution in [-0.4, -0.2) is 21.1 Å². The van der Waals surface area contributed by atoms with Crippen molar-refractivity contribution in [1.82, 2.24) is 4.72 Å². The van der Waals surface area contributed by atoms with Gasteiger partial charge in [0.15, 0.2) is 0 Å². The fourth-order valence-electron chi connectivity index (χ4n) is 1.43. The van der Waals surface area contributed by atoms with Gasteiger partial charge in [-0.05, 0) is 41.8 Å². The minimum absolute atomic E-state index is 0.00528. The zero-order chi connectivity index (χ0) is 14.7. The molecule has 0 bridgehead atoms. The van der Waals surface area contributed by atoms with Crippen molar-refractivity contribution >= 4 is 37.3 Å². The molecule has 0 saturated heterocycles. The van der Waals surface area contributed by atoms with Crippen LogP contribution in [-0.2, 0) is 10.0 Å². The normalized spacial score (nSPS) is 12.9. The van der Waals surface area contributed by atoms with Crippen LogP contribution in [0.5, 0.6) is 0 Å². The van der Waals surface area contributed by atoms with Crippen LogP contribution in [0, 0.1) is 6.92 Å². The summed E-state index contributed by atoms with van der Waals surface area (Å²) in [6.07, 6.45) is -5.01. The molecule has 0 aliphatic carbocycles. The van der Waals surface area contributed by atoms with Gasteiger partial charge in [0.1, 0.15) is 0 Å². The molecule has 0 unspecified atom stereocenters. The molecule has 9 heteroatoms. The number of halogens is 4. The van der Waals surface area contributed by atoms with Crippen LogP contribution < -0.4 is 4.72 Å². The van der Waals surface area contributed by atoms with Crippen molar-refractivity contribution in [2.45, 2.75) is 37.3 Å². The van der Waals surface area contributed by atoms with Crippen LogP contribution in [0.4, 0.5) is 13.2 Å². The van der Waals surface area contributed by atoms with E-state index in [0.717, 1.165) is 0 Å². The van der Waals surface area contributed by atoms with E-state index < -0.39 is 22.6 Å². The molecule has 19 heavy (non-hydrogen) atoms. The summed E-state index contributed by atoms with van der Waals surface area (Å²) in [6.45, 7) is 1.68. The fraction of sp³-hybridized carbons (Fsp3) is 0.600. The van der Waals surface area contributed by atoms with Gasteiger partial charge in [0, 0.05) is 17.8 Å². The van der Waals surface area contributed by atoms with Crippen molar-refractivity contribution in [2.75, 3.05) is 6.54 Å². The molecule has 0 aliphatic rings. The highest BCUT2D eigenvalue weighted by Crippen LogP contribution is 2.29. The summed E-state index contributed by atoms with van der Waals surface area (Å²) in [7, 11) is -3.64. The predicted molar refractivity (Wildman–Crippen MR) is 71.9 cm³/mol. The summed E-state index contributed by atoms with van der Waals surface area (Å²) in [5.74, 6) is 0. The lowest BCUT2D eigenvalue weighted by atomic mass is 10.2. The third-order valence-electron chi connectivity index (χ3n) is 2.31. The molecule has 3 nitrogen and oxygen atoms in total. The first kappa shape index (κ1) is 16.9. The van der Waals surface area contributed by atoms with Crippen molar-refractivity contribution in [3.8, 4) is 0 Å². The minimum atomic E-state index is -4.19. The molecule has 0 aromatic carbocycles. The first-order valence-corrected chi connectivity index (χ1v) is 8.53. The topological polar surface area (TPSA) is 46.2 Å². The molecular weight excluding hydrogens is 367 g/mol. The molecule has 1 N–H and O–H groups in total. The molecule has 0 amide bonds. The van der Waals surface area contributed by atoms with Crippen molar-refractivity contribution in [3.05, 3.63) is 14.7 Å². The average Bonchev–Trinajstić information content (AvgIpc) is 2.56. The van der Waals surface area contributed by atoms with E-state index in [1.807, 2.05) is 0 Å². The van der Waals surface area contributed by atoms with Gasteiger partial charge < -0.3 is 0 Å². The monoisotopic (exact) mass is 379 g/mol. The molecule has 0 aliphatic heterocycles. The van der Waals surface area contributed by atoms with Gasteiger partial charge in [-0.1, -0.05) is 0 Å². The fourth-order valence-corrected chi connectivity index (χ4v) is 4.92. The molecule has 0 radical (unpaired) electrons. The maximum Gasteiger partial charge on any atom is 0.389 e. The van der Waals surface area contributed by atoms with Gasteiger partial charge in [0.25, 0.3) is 0 Å². The third kappa shape index (κ3) is 5.80. The summed E-state index contributed by atoms with van der Waals surface area (Å²) < 4.78 is 62.4. The third-order valence-corrected chi connectivity index (χ3v) is 5.58. The zero-order valence-electron chi connectivity index (χ0n) is 10.1. The lowest BCUT2D eigenvalue weighted by molar-refractivity contribution is -0.135. The van der Waals surface area contributed by atoms with Gasteiger partial charge in [0.05, 0.1) is 8.68 Å². The number of hydrogen-bond donors (Lipinski definition) is 1. The minimum Gasteiger partial charge on any atom is -0.211 e. The molecule has 0 saturated carbocycles. The first-order chi connectivity index (χ1) is 8.62. The number of alkyl halides is 3. The Morgan fingerprint density at radius 2 is 2.00 bits per heavy atom. The first-order valence-electron chi connectivity index (χ1n) is 5.44. The molecule has 0 atom stereocenters. The summed E-state index contributed by atoms with van der Waals surface area (Å²) in [6, 6.07) is 1.48. The zero-order valence-corrected chi connectivity index (χ0v) is 13.3. The van der Waals surface area contributed by atoms with Gasteiger partial charge in [-0.15, -0.1) is 11.3 Å². The van der Waals surface area contributed by atoms with Crippen LogP contribution in [0.2, 0.25) is 0 Å². The van der Waals surface area contributed by atoms with Crippen molar-refractivity contribution < 1.29 is 21.6 Å². The Morgan fingerprint density at radius 1 is 1.37 bits per heavy atom. The van der Waals surface area contributed by atoms with Gasteiger partial charge in [-0.2, -0.15) is 13.2 Å². The van der Waals surface area contributed by atoms with E-state index in [9.17, 15) is 21.6 Å². The highest BCUT2D eigenvalue weighted by atomic mass is 79.9. The second-order valence-electron chi connectivity index (χ2n) is 3.94. The van der Waals surface area contributed by atoms with Crippen LogP contribution in [0.15, 0.2) is 14.7 Å². The Hall–Kier alpha value is -0.120. The lowest BCUT2D eigenvalue weighted by Crippen LogP contribution is -2.25. The average molecular weight is 380 g/mol. The number of rotatable bonds is 6. The number of nitrogens with one attached hydrogen (secondary N) is 1. The van der Waals surface area contributed by atoms with E-state index in [1.165, 1.54) is 17.4 Å². The number of thiophene rings is 1. The lowest BCUT2D eigenvalue weighted by Gasteiger charge is -2.07. The van der Waals surface area contributed by atoms with E-state index in [2.05, 4.69) is 20.7 Å². The largest absolute Gasteiger partial charge is 0.389 e. The number of sulfonamides is 1. The van der Waals surface area contributed by atoms with E-state index in [0.29, 0.717) is 8.66 Å². The summed E-state index contributed by atoms with van der Waals surface area (Å²) in [5.41, 5.74) is 0. The molecule has 110 valence electrons. The maximum atomic E-state index is 11.9. The van der Waals surface area contributed by atoms with Crippen LogP contribution in [0.25, 0.3) is 0 Å². The maximum absolute atomic E-state index is 11.9. The van der Waals surface area contributed by atoms with Crippen molar-refractivity contribution in [1.29, 1.82) is 0 Å². The Balaban J connectivity index is 2.47. The smallest absolute Gasteiger partial charge is 0.211 e. The summed E-state index contributed by atoms with van der Waals surface area (Å²) >= 11 is 4.48. The van der Waals surface area contributed by atoms with Crippen LogP contribution in [0.1, 0.15) is 24.1 Å². The molecular formula is C10H13BrF3NO2S2. The molecule has 1 aromatic heterocycles. The SMILES string of the molecule is Cc1sc(Br)cc1S(=O)(=O)NCCCCC(F)(F)F. The summed E-state index contributed by atoms with van der Waals surface area (Å²) in [4.78, 5) is 0.801. The molecule has 1 rings (SSSR count). The Labute approximate surface area is 122 Å². The van der Waals surface area contributed by atoms with E-state index in [-0.39, 0.29) is 24.3 Å². The second-order valence-corrected chi connectivity index (χ2v) is 8.31. The summed E-state index contributed by atoms with van der Waals surface area (Å²) in [5, 5.41) is 0. The molecule has 1 aromatic rings. The Morgan fingerprint density at radius 3 is 2.47 bits per heavy atom. The molecule has 0 fully saturated rings. The molecule has 0 spiro atoms. The van der Waals surface area contributed by atoms with Gasteiger partial charge in [-0.3, -0.25) is 0 Å². The van der Waals surface area contributed by atoms with Gasteiger partial charge in [-0.25, -0.2) is 13.1 Å². The van der Waals surface area contributed by atoms with Gasteiger partial charge in [0.2, 0.25) is 10.0 Å².